The van der Waals surface area contributed by atoms with Gasteiger partial charge in [0.2, 0.25) is 11.7 Å². The van der Waals surface area contributed by atoms with Crippen LogP contribution >= 0.6 is 11.6 Å². The van der Waals surface area contributed by atoms with Gasteiger partial charge in [0, 0.05) is 29.1 Å². The Morgan fingerprint density at radius 2 is 1.84 bits per heavy atom. The van der Waals surface area contributed by atoms with Crippen LogP contribution in [0.1, 0.15) is 34.8 Å². The predicted octanol–water partition coefficient (Wildman–Crippen LogP) is 5.98. The van der Waals surface area contributed by atoms with Crippen LogP contribution in [0.15, 0.2) is 83.4 Å². The molecule has 1 heterocycles. The van der Waals surface area contributed by atoms with Crippen molar-refractivity contribution in [1.82, 2.24) is 15.0 Å². The normalized spacial score (nSPS) is 11.8. The number of nitrogens with zero attached hydrogens (tertiary/aromatic N) is 3. The second kappa shape index (κ2) is 9.75. The molecule has 0 radical (unpaired) electrons. The molecule has 162 valence electrons. The minimum absolute atomic E-state index is 0.234. The molecule has 1 atom stereocenters. The van der Waals surface area contributed by atoms with E-state index in [0.717, 1.165) is 11.1 Å². The van der Waals surface area contributed by atoms with Gasteiger partial charge in [0.25, 0.3) is 5.91 Å². The summed E-state index contributed by atoms with van der Waals surface area (Å²) in [7, 11) is 0. The molecule has 0 N–H and O–H groups in total. The maximum absolute atomic E-state index is 13.7. The molecule has 0 spiro atoms. The average molecular weight is 450 g/mol. The highest BCUT2D eigenvalue weighted by molar-refractivity contribution is 6.30. The third kappa shape index (κ3) is 5.03. The van der Waals surface area contributed by atoms with Gasteiger partial charge < -0.3 is 9.42 Å². The van der Waals surface area contributed by atoms with Gasteiger partial charge in [-0.2, -0.15) is 4.98 Å². The maximum Gasteiger partial charge on any atom is 0.254 e. The van der Waals surface area contributed by atoms with E-state index in [4.69, 9.17) is 16.1 Å². The van der Waals surface area contributed by atoms with Crippen LogP contribution in [0.5, 0.6) is 0 Å². The van der Waals surface area contributed by atoms with Crippen molar-refractivity contribution in [3.63, 3.8) is 0 Å². The Morgan fingerprint density at radius 3 is 2.59 bits per heavy atom. The van der Waals surface area contributed by atoms with Crippen molar-refractivity contribution in [2.45, 2.75) is 19.4 Å². The number of carbonyl (C=O) groups is 1. The van der Waals surface area contributed by atoms with Gasteiger partial charge in [0.05, 0.1) is 6.04 Å². The number of amides is 1. The summed E-state index contributed by atoms with van der Waals surface area (Å²) in [6, 6.07) is 22.3. The number of carbonyl (C=O) groups excluding carboxylic acids is 1. The van der Waals surface area contributed by atoms with E-state index in [1.54, 1.807) is 23.1 Å². The number of benzene rings is 3. The zero-order chi connectivity index (χ0) is 22.5. The largest absolute Gasteiger partial charge is 0.339 e. The third-order valence-corrected chi connectivity index (χ3v) is 5.43. The molecular formula is C25H21ClFN3O2. The lowest BCUT2D eigenvalue weighted by atomic mass is 10.0. The lowest BCUT2D eigenvalue weighted by molar-refractivity contribution is 0.0688. The summed E-state index contributed by atoms with van der Waals surface area (Å²) in [5.41, 5.74) is 2.01. The number of halogens is 2. The zero-order valence-corrected chi connectivity index (χ0v) is 18.2. The van der Waals surface area contributed by atoms with Crippen molar-refractivity contribution in [1.29, 1.82) is 0 Å². The molecule has 7 heteroatoms. The zero-order valence-electron chi connectivity index (χ0n) is 17.4. The second-order valence-electron chi connectivity index (χ2n) is 7.37. The maximum atomic E-state index is 13.7. The van der Waals surface area contributed by atoms with Gasteiger partial charge in [0.1, 0.15) is 5.82 Å². The number of hydrogen-bond donors (Lipinski definition) is 0. The first-order chi connectivity index (χ1) is 15.5. The summed E-state index contributed by atoms with van der Waals surface area (Å²) in [5, 5.41) is 4.61. The molecule has 0 aliphatic rings. The average Bonchev–Trinajstić information content (AvgIpc) is 3.28. The van der Waals surface area contributed by atoms with Crippen molar-refractivity contribution in [2.75, 3.05) is 6.54 Å². The van der Waals surface area contributed by atoms with Crippen LogP contribution in [0.4, 0.5) is 4.39 Å². The fourth-order valence-corrected chi connectivity index (χ4v) is 3.68. The Bertz CT molecular complexity index is 1210. The molecule has 0 aliphatic heterocycles. The molecule has 1 amide bonds. The van der Waals surface area contributed by atoms with E-state index < -0.39 is 5.82 Å². The molecule has 0 bridgehead atoms. The first-order valence-corrected chi connectivity index (χ1v) is 10.6. The number of aromatic nitrogens is 2. The molecule has 0 unspecified atom stereocenters. The first kappa shape index (κ1) is 21.7. The SMILES string of the molecule is C[C@H](c1ccccc1)N(CCc1nc(-c2cccc(Cl)c2)no1)C(=O)c1cccc(F)c1. The predicted molar refractivity (Wildman–Crippen MR) is 121 cm³/mol. The van der Waals surface area contributed by atoms with E-state index in [1.165, 1.54) is 18.2 Å². The molecular weight excluding hydrogens is 429 g/mol. The van der Waals surface area contributed by atoms with Gasteiger partial charge in [-0.25, -0.2) is 4.39 Å². The Labute approximate surface area is 190 Å². The second-order valence-corrected chi connectivity index (χ2v) is 7.80. The van der Waals surface area contributed by atoms with Crippen molar-refractivity contribution in [2.24, 2.45) is 0 Å². The summed E-state index contributed by atoms with van der Waals surface area (Å²) >= 11 is 6.04. The summed E-state index contributed by atoms with van der Waals surface area (Å²) in [6.07, 6.45) is 0.353. The highest BCUT2D eigenvalue weighted by atomic mass is 35.5. The Hall–Kier alpha value is -3.51. The number of rotatable bonds is 7. The van der Waals surface area contributed by atoms with Crippen LogP contribution in [0.25, 0.3) is 11.4 Å². The minimum Gasteiger partial charge on any atom is -0.339 e. The quantitative estimate of drug-likeness (QED) is 0.348. The molecule has 3 aromatic carbocycles. The summed E-state index contributed by atoms with van der Waals surface area (Å²) in [6.45, 7) is 2.26. The van der Waals surface area contributed by atoms with Crippen molar-refractivity contribution in [3.8, 4) is 11.4 Å². The molecule has 4 rings (SSSR count). The van der Waals surface area contributed by atoms with Gasteiger partial charge in [0.15, 0.2) is 0 Å². The molecule has 4 aromatic rings. The van der Waals surface area contributed by atoms with Crippen LogP contribution < -0.4 is 0 Å². The van der Waals surface area contributed by atoms with Gasteiger partial charge >= 0.3 is 0 Å². The van der Waals surface area contributed by atoms with E-state index in [1.807, 2.05) is 49.4 Å². The van der Waals surface area contributed by atoms with Crippen molar-refractivity contribution < 1.29 is 13.7 Å². The van der Waals surface area contributed by atoms with E-state index in [-0.39, 0.29) is 17.5 Å². The molecule has 0 fully saturated rings. The van der Waals surface area contributed by atoms with Gasteiger partial charge in [-0.3, -0.25) is 4.79 Å². The highest BCUT2D eigenvalue weighted by Gasteiger charge is 2.24. The fraction of sp³-hybridized carbons (Fsp3) is 0.160. The standard InChI is InChI=1S/C25H21ClFN3O2/c1-17(18-7-3-2-4-8-18)30(25(31)20-10-6-12-22(27)16-20)14-13-23-28-24(29-32-23)19-9-5-11-21(26)15-19/h2-12,15-17H,13-14H2,1H3/t17-/m1/s1. The van der Waals surface area contributed by atoms with Gasteiger partial charge in [-0.05, 0) is 42.8 Å². The molecule has 0 saturated heterocycles. The lowest BCUT2D eigenvalue weighted by Gasteiger charge is -2.29. The Morgan fingerprint density at radius 1 is 1.06 bits per heavy atom. The molecule has 0 saturated carbocycles. The van der Waals surface area contributed by atoms with Crippen LogP contribution in [0.3, 0.4) is 0 Å². The number of hydrogen-bond acceptors (Lipinski definition) is 4. The minimum atomic E-state index is -0.453. The Balaban J connectivity index is 1.56. The fourth-order valence-electron chi connectivity index (χ4n) is 3.49. The van der Waals surface area contributed by atoms with Crippen LogP contribution in [0.2, 0.25) is 5.02 Å². The smallest absolute Gasteiger partial charge is 0.254 e. The summed E-state index contributed by atoms with van der Waals surface area (Å²) in [5.74, 6) is 0.112. The molecule has 0 aliphatic carbocycles. The van der Waals surface area contributed by atoms with E-state index >= 15 is 0 Å². The topological polar surface area (TPSA) is 59.2 Å². The van der Waals surface area contributed by atoms with E-state index in [9.17, 15) is 9.18 Å². The summed E-state index contributed by atoms with van der Waals surface area (Å²) in [4.78, 5) is 19.4. The van der Waals surface area contributed by atoms with E-state index in [2.05, 4.69) is 10.1 Å². The van der Waals surface area contributed by atoms with Crippen molar-refractivity contribution >= 4 is 17.5 Å². The molecule has 5 nitrogen and oxygen atoms in total. The van der Waals surface area contributed by atoms with Crippen LogP contribution in [0, 0.1) is 5.82 Å². The first-order valence-electron chi connectivity index (χ1n) is 10.2. The van der Waals surface area contributed by atoms with Crippen LogP contribution in [-0.4, -0.2) is 27.5 Å². The van der Waals surface area contributed by atoms with Gasteiger partial charge in [-0.1, -0.05) is 65.3 Å². The highest BCUT2D eigenvalue weighted by Crippen LogP contribution is 2.24. The van der Waals surface area contributed by atoms with Crippen LogP contribution in [-0.2, 0) is 6.42 Å². The summed E-state index contributed by atoms with van der Waals surface area (Å²) < 4.78 is 19.1. The molecule has 32 heavy (non-hydrogen) atoms. The Kier molecular flexibility index (Phi) is 6.61. The third-order valence-electron chi connectivity index (χ3n) is 5.20. The lowest BCUT2D eigenvalue weighted by Crippen LogP contribution is -2.35. The van der Waals surface area contributed by atoms with Gasteiger partial charge in [-0.15, -0.1) is 0 Å². The van der Waals surface area contributed by atoms with Crippen molar-refractivity contribution in [3.05, 3.63) is 107 Å². The monoisotopic (exact) mass is 449 g/mol. The van der Waals surface area contributed by atoms with E-state index in [0.29, 0.717) is 29.7 Å². The molecule has 1 aromatic heterocycles.